The molecule has 0 radical (unpaired) electrons. The number of nitrogens with two attached hydrogens (primary N) is 1. The highest BCUT2D eigenvalue weighted by Crippen LogP contribution is 2.19. The molecule has 16 heavy (non-hydrogen) atoms. The van der Waals surface area contributed by atoms with E-state index >= 15 is 0 Å². The van der Waals surface area contributed by atoms with E-state index in [0.717, 1.165) is 17.1 Å². The van der Waals surface area contributed by atoms with Crippen molar-refractivity contribution >= 4 is 11.6 Å². The van der Waals surface area contributed by atoms with Crippen LogP contribution in [0.15, 0.2) is 0 Å². The minimum absolute atomic E-state index is 0.0994. The lowest BCUT2D eigenvalue weighted by molar-refractivity contribution is -0.120. The molecular formula is C10H16N4O2. The van der Waals surface area contributed by atoms with E-state index in [1.807, 2.05) is 13.8 Å². The lowest BCUT2D eigenvalue weighted by atomic mass is 10.0. The van der Waals surface area contributed by atoms with Crippen molar-refractivity contribution < 1.29 is 9.53 Å². The Morgan fingerprint density at radius 3 is 2.81 bits per heavy atom. The van der Waals surface area contributed by atoms with Crippen LogP contribution in [0.5, 0.6) is 0 Å². The Morgan fingerprint density at radius 2 is 2.31 bits per heavy atom. The number of ether oxygens (including phenoxy) is 1. The number of aromatic amines is 1. The summed E-state index contributed by atoms with van der Waals surface area (Å²) in [5.41, 5.74) is 8.14. The molecule has 1 aliphatic heterocycles. The number of H-pyrrole nitrogens is 1. The van der Waals surface area contributed by atoms with Crippen molar-refractivity contribution in [3.63, 3.8) is 0 Å². The lowest BCUT2D eigenvalue weighted by Gasteiger charge is -2.13. The zero-order valence-corrected chi connectivity index (χ0v) is 9.41. The van der Waals surface area contributed by atoms with Crippen molar-refractivity contribution in [2.45, 2.75) is 19.9 Å². The Hall–Kier alpha value is -1.40. The van der Waals surface area contributed by atoms with Gasteiger partial charge in [0.2, 0.25) is 5.91 Å². The fraction of sp³-hybridized carbons (Fsp3) is 0.600. The van der Waals surface area contributed by atoms with Crippen LogP contribution in [0.4, 0.5) is 5.69 Å². The summed E-state index contributed by atoms with van der Waals surface area (Å²) >= 11 is 0. The van der Waals surface area contributed by atoms with Crippen LogP contribution in [-0.2, 0) is 9.53 Å². The van der Waals surface area contributed by atoms with Crippen LogP contribution in [0, 0.1) is 19.8 Å². The number of carbonyl (C=O) groups excluding carboxylic acids is 1. The van der Waals surface area contributed by atoms with Gasteiger partial charge in [0.05, 0.1) is 36.2 Å². The van der Waals surface area contributed by atoms with Crippen LogP contribution >= 0.6 is 0 Å². The van der Waals surface area contributed by atoms with E-state index < -0.39 is 0 Å². The average Bonchev–Trinajstić information content (AvgIpc) is 2.79. The van der Waals surface area contributed by atoms with Crippen molar-refractivity contribution in [3.8, 4) is 0 Å². The van der Waals surface area contributed by atoms with Gasteiger partial charge >= 0.3 is 0 Å². The predicted molar refractivity (Wildman–Crippen MR) is 59.0 cm³/mol. The number of anilines is 1. The first-order valence-electron chi connectivity index (χ1n) is 5.25. The number of aryl methyl sites for hydroxylation is 2. The zero-order chi connectivity index (χ0) is 11.7. The first-order valence-corrected chi connectivity index (χ1v) is 5.25. The maximum absolute atomic E-state index is 11.9. The van der Waals surface area contributed by atoms with Crippen molar-refractivity contribution in [3.05, 3.63) is 11.4 Å². The highest BCUT2D eigenvalue weighted by Gasteiger charge is 2.31. The second-order valence-corrected chi connectivity index (χ2v) is 4.11. The summed E-state index contributed by atoms with van der Waals surface area (Å²) < 4.78 is 5.16. The van der Waals surface area contributed by atoms with Crippen LogP contribution in [-0.4, -0.2) is 35.4 Å². The summed E-state index contributed by atoms with van der Waals surface area (Å²) in [6, 6.07) is -0.215. The molecule has 1 aromatic rings. The van der Waals surface area contributed by atoms with Gasteiger partial charge in [-0.3, -0.25) is 9.89 Å². The maximum atomic E-state index is 11.9. The second-order valence-electron chi connectivity index (χ2n) is 4.11. The third-order valence-corrected chi connectivity index (χ3v) is 2.84. The first-order chi connectivity index (χ1) is 7.59. The first kappa shape index (κ1) is 11.1. The minimum atomic E-state index is -0.270. The average molecular weight is 224 g/mol. The van der Waals surface area contributed by atoms with E-state index in [1.54, 1.807) is 0 Å². The lowest BCUT2D eigenvalue weighted by Crippen LogP contribution is -2.37. The summed E-state index contributed by atoms with van der Waals surface area (Å²) in [5, 5.41) is 9.67. The molecule has 0 spiro atoms. The summed E-state index contributed by atoms with van der Waals surface area (Å²) in [4.78, 5) is 11.9. The van der Waals surface area contributed by atoms with Crippen molar-refractivity contribution in [1.29, 1.82) is 0 Å². The fourth-order valence-corrected chi connectivity index (χ4v) is 1.79. The summed E-state index contributed by atoms with van der Waals surface area (Å²) in [7, 11) is 0. The molecule has 1 saturated heterocycles. The molecule has 4 N–H and O–H groups in total. The standard InChI is InChI=1S/C10H16N4O2/c1-5-9(6(2)14-13-5)12-10(15)7-3-16-4-8(7)11/h7-8H,3-4,11H2,1-2H3,(H,12,15)(H,13,14). The monoisotopic (exact) mass is 224 g/mol. The van der Waals surface area contributed by atoms with Crippen molar-refractivity contribution in [2.24, 2.45) is 11.7 Å². The van der Waals surface area contributed by atoms with E-state index in [4.69, 9.17) is 10.5 Å². The molecule has 2 unspecified atom stereocenters. The quantitative estimate of drug-likeness (QED) is 0.656. The van der Waals surface area contributed by atoms with Gasteiger partial charge in [-0.1, -0.05) is 0 Å². The molecule has 2 rings (SSSR count). The molecular weight excluding hydrogens is 208 g/mol. The number of rotatable bonds is 2. The van der Waals surface area contributed by atoms with Gasteiger partial charge in [0.15, 0.2) is 0 Å². The molecule has 6 heteroatoms. The topological polar surface area (TPSA) is 93.0 Å². The highest BCUT2D eigenvalue weighted by atomic mass is 16.5. The third kappa shape index (κ3) is 1.94. The number of hydrogen-bond acceptors (Lipinski definition) is 4. The van der Waals surface area contributed by atoms with Gasteiger partial charge in [-0.15, -0.1) is 0 Å². The molecule has 1 amide bonds. The van der Waals surface area contributed by atoms with E-state index in [2.05, 4.69) is 15.5 Å². The highest BCUT2D eigenvalue weighted by molar-refractivity contribution is 5.94. The number of nitrogens with zero attached hydrogens (tertiary/aromatic N) is 1. The normalized spacial score (nSPS) is 24.7. The third-order valence-electron chi connectivity index (χ3n) is 2.84. The largest absolute Gasteiger partial charge is 0.379 e. The smallest absolute Gasteiger partial charge is 0.231 e. The van der Waals surface area contributed by atoms with Crippen LogP contribution < -0.4 is 11.1 Å². The SMILES string of the molecule is Cc1n[nH]c(C)c1NC(=O)C1COCC1N. The van der Waals surface area contributed by atoms with Gasteiger partial charge in [-0.25, -0.2) is 0 Å². The minimum Gasteiger partial charge on any atom is -0.379 e. The van der Waals surface area contributed by atoms with Crippen LogP contribution in [0.3, 0.4) is 0 Å². The van der Waals surface area contributed by atoms with E-state index in [0.29, 0.717) is 13.2 Å². The molecule has 1 fully saturated rings. The van der Waals surface area contributed by atoms with Crippen molar-refractivity contribution in [2.75, 3.05) is 18.5 Å². The molecule has 1 aromatic heterocycles. The van der Waals surface area contributed by atoms with E-state index in [1.165, 1.54) is 0 Å². The molecule has 0 aliphatic carbocycles. The predicted octanol–water partition coefficient (Wildman–Crippen LogP) is -0.0613. The zero-order valence-electron chi connectivity index (χ0n) is 9.41. The molecule has 0 bridgehead atoms. The molecule has 88 valence electrons. The second kappa shape index (κ2) is 4.23. The van der Waals surface area contributed by atoms with E-state index in [9.17, 15) is 4.79 Å². The number of hydrogen-bond donors (Lipinski definition) is 3. The fourth-order valence-electron chi connectivity index (χ4n) is 1.79. The Labute approximate surface area is 93.5 Å². The van der Waals surface area contributed by atoms with E-state index in [-0.39, 0.29) is 17.9 Å². The number of carbonyl (C=O) groups is 1. The molecule has 0 saturated carbocycles. The maximum Gasteiger partial charge on any atom is 0.231 e. The summed E-state index contributed by atoms with van der Waals surface area (Å²) in [6.45, 7) is 4.54. The van der Waals surface area contributed by atoms with Crippen LogP contribution in [0.2, 0.25) is 0 Å². The summed E-state index contributed by atoms with van der Waals surface area (Å²) in [5.74, 6) is -0.369. The van der Waals surface area contributed by atoms with Crippen LogP contribution in [0.25, 0.3) is 0 Å². The Balaban J connectivity index is 2.07. The van der Waals surface area contributed by atoms with Gasteiger partial charge in [0.1, 0.15) is 0 Å². The van der Waals surface area contributed by atoms with Gasteiger partial charge < -0.3 is 15.8 Å². The Bertz CT molecular complexity index is 382. The molecule has 6 nitrogen and oxygen atoms in total. The van der Waals surface area contributed by atoms with Gasteiger partial charge in [-0.05, 0) is 13.8 Å². The Morgan fingerprint density at radius 1 is 1.56 bits per heavy atom. The molecule has 1 aliphatic rings. The van der Waals surface area contributed by atoms with Crippen molar-refractivity contribution in [1.82, 2.24) is 10.2 Å². The number of nitrogens with one attached hydrogen (secondary N) is 2. The van der Waals surface area contributed by atoms with Gasteiger partial charge in [0.25, 0.3) is 0 Å². The number of amides is 1. The molecule has 2 atom stereocenters. The number of aromatic nitrogens is 2. The van der Waals surface area contributed by atoms with Gasteiger partial charge in [-0.2, -0.15) is 5.10 Å². The Kier molecular flexibility index (Phi) is 2.93. The summed E-state index contributed by atoms with van der Waals surface area (Å²) in [6.07, 6.45) is 0. The van der Waals surface area contributed by atoms with Gasteiger partial charge in [0, 0.05) is 6.04 Å². The molecule has 2 heterocycles. The molecule has 0 aromatic carbocycles. The van der Waals surface area contributed by atoms with Crippen LogP contribution in [0.1, 0.15) is 11.4 Å².